The molecule has 0 saturated carbocycles. The number of aryl methyl sites for hydroxylation is 1. The molecule has 0 bridgehead atoms. The highest BCUT2D eigenvalue weighted by Crippen LogP contribution is 2.40. The molecule has 0 radical (unpaired) electrons. The molecule has 2 aromatic carbocycles. The Bertz CT molecular complexity index is 830. The summed E-state index contributed by atoms with van der Waals surface area (Å²) in [4.78, 5) is 0.354. The van der Waals surface area contributed by atoms with Crippen LogP contribution in [0.5, 0.6) is 5.75 Å². The van der Waals surface area contributed by atoms with Gasteiger partial charge in [0.25, 0.3) is 0 Å². The van der Waals surface area contributed by atoms with Crippen molar-refractivity contribution in [1.82, 2.24) is 4.31 Å². The highest BCUT2D eigenvalue weighted by Gasteiger charge is 2.37. The first-order valence-electron chi connectivity index (χ1n) is 8.65. The third kappa shape index (κ3) is 3.58. The molecule has 0 aromatic heterocycles. The standard InChI is InChI=1S/C20H25NO3S/c1-15-8-11-17(12-9-15)25(22,23)21-14-16(2)10-13-19(21)18-6-4-5-7-20(18)24-3/h4-9,11-12,16,19H,10,13-14H2,1-3H3/t16-,19-/m1/s1. The smallest absolute Gasteiger partial charge is 0.243 e. The molecular formula is C20H25NO3S. The van der Waals surface area contributed by atoms with Crippen molar-refractivity contribution in [2.45, 2.75) is 37.6 Å². The Morgan fingerprint density at radius 1 is 1.04 bits per heavy atom. The quantitative estimate of drug-likeness (QED) is 0.823. The highest BCUT2D eigenvalue weighted by atomic mass is 32.2. The van der Waals surface area contributed by atoms with E-state index < -0.39 is 10.0 Å². The zero-order valence-corrected chi connectivity index (χ0v) is 15.8. The molecule has 0 unspecified atom stereocenters. The first kappa shape index (κ1) is 18.0. The van der Waals surface area contributed by atoms with Gasteiger partial charge in [0.15, 0.2) is 0 Å². The van der Waals surface area contributed by atoms with E-state index in [1.54, 1.807) is 23.5 Å². The number of sulfonamides is 1. The summed E-state index contributed by atoms with van der Waals surface area (Å²) in [5.41, 5.74) is 1.99. The third-order valence-corrected chi connectivity index (χ3v) is 6.79. The van der Waals surface area contributed by atoms with Gasteiger partial charge in [0.1, 0.15) is 5.75 Å². The van der Waals surface area contributed by atoms with Gasteiger partial charge in [-0.2, -0.15) is 4.31 Å². The van der Waals surface area contributed by atoms with E-state index in [0.29, 0.717) is 17.4 Å². The normalized spacial score (nSPS) is 21.9. The summed E-state index contributed by atoms with van der Waals surface area (Å²) in [6, 6.07) is 14.6. The Kier molecular flexibility index (Phi) is 5.16. The lowest BCUT2D eigenvalue weighted by atomic mass is 9.91. The van der Waals surface area contributed by atoms with Gasteiger partial charge in [0.05, 0.1) is 18.0 Å². The zero-order chi connectivity index (χ0) is 18.0. The average Bonchev–Trinajstić information content (AvgIpc) is 2.62. The zero-order valence-electron chi connectivity index (χ0n) is 15.0. The monoisotopic (exact) mass is 359 g/mol. The topological polar surface area (TPSA) is 46.6 Å². The van der Waals surface area contributed by atoms with Gasteiger partial charge in [0, 0.05) is 12.1 Å². The maximum atomic E-state index is 13.3. The Balaban J connectivity index is 2.04. The van der Waals surface area contributed by atoms with Crippen molar-refractivity contribution in [3.63, 3.8) is 0 Å². The molecule has 0 amide bonds. The van der Waals surface area contributed by atoms with E-state index in [4.69, 9.17) is 4.74 Å². The fourth-order valence-electron chi connectivity index (χ4n) is 3.48. The molecule has 4 nitrogen and oxygen atoms in total. The van der Waals surface area contributed by atoms with Crippen LogP contribution in [0.25, 0.3) is 0 Å². The van der Waals surface area contributed by atoms with Crippen LogP contribution in [0, 0.1) is 12.8 Å². The van der Waals surface area contributed by atoms with Crippen LogP contribution in [0.2, 0.25) is 0 Å². The van der Waals surface area contributed by atoms with Crippen LogP contribution in [0.4, 0.5) is 0 Å². The third-order valence-electron chi connectivity index (χ3n) is 4.90. The second kappa shape index (κ2) is 7.18. The Morgan fingerprint density at radius 3 is 2.40 bits per heavy atom. The minimum Gasteiger partial charge on any atom is -0.496 e. The predicted molar refractivity (Wildman–Crippen MR) is 99.2 cm³/mol. The first-order valence-corrected chi connectivity index (χ1v) is 10.1. The van der Waals surface area contributed by atoms with Crippen molar-refractivity contribution in [2.24, 2.45) is 5.92 Å². The van der Waals surface area contributed by atoms with E-state index in [-0.39, 0.29) is 6.04 Å². The van der Waals surface area contributed by atoms with Crippen LogP contribution in [0.3, 0.4) is 0 Å². The highest BCUT2D eigenvalue weighted by molar-refractivity contribution is 7.89. The number of nitrogens with zero attached hydrogens (tertiary/aromatic N) is 1. The van der Waals surface area contributed by atoms with Crippen LogP contribution >= 0.6 is 0 Å². The SMILES string of the molecule is COc1ccccc1[C@H]1CC[C@@H](C)CN1S(=O)(=O)c1ccc(C)cc1. The van der Waals surface area contributed by atoms with E-state index in [1.807, 2.05) is 43.3 Å². The van der Waals surface area contributed by atoms with E-state index in [2.05, 4.69) is 6.92 Å². The number of para-hydroxylation sites is 1. The van der Waals surface area contributed by atoms with Crippen molar-refractivity contribution >= 4 is 10.0 Å². The van der Waals surface area contributed by atoms with Crippen LogP contribution in [0.15, 0.2) is 53.4 Å². The van der Waals surface area contributed by atoms with Gasteiger partial charge in [-0.3, -0.25) is 0 Å². The fourth-order valence-corrected chi connectivity index (χ4v) is 5.23. The lowest BCUT2D eigenvalue weighted by Crippen LogP contribution is -2.41. The van der Waals surface area contributed by atoms with Crippen LogP contribution < -0.4 is 4.74 Å². The van der Waals surface area contributed by atoms with E-state index in [9.17, 15) is 8.42 Å². The average molecular weight is 359 g/mol. The molecule has 0 aliphatic carbocycles. The van der Waals surface area contributed by atoms with Crippen LogP contribution in [-0.2, 0) is 10.0 Å². The molecule has 5 heteroatoms. The van der Waals surface area contributed by atoms with Gasteiger partial charge in [0.2, 0.25) is 10.0 Å². The summed E-state index contributed by atoms with van der Waals surface area (Å²) >= 11 is 0. The molecular weight excluding hydrogens is 334 g/mol. The largest absolute Gasteiger partial charge is 0.496 e. The van der Waals surface area contributed by atoms with Crippen LogP contribution in [-0.4, -0.2) is 26.4 Å². The second-order valence-electron chi connectivity index (χ2n) is 6.83. The Hall–Kier alpha value is -1.85. The molecule has 1 fully saturated rings. The summed E-state index contributed by atoms with van der Waals surface area (Å²) in [6.45, 7) is 4.59. The van der Waals surface area contributed by atoms with Gasteiger partial charge >= 0.3 is 0 Å². The van der Waals surface area contributed by atoms with E-state index >= 15 is 0 Å². The summed E-state index contributed by atoms with van der Waals surface area (Å²) in [7, 11) is -1.93. The molecule has 1 heterocycles. The number of hydrogen-bond donors (Lipinski definition) is 0. The molecule has 1 aliphatic heterocycles. The molecule has 25 heavy (non-hydrogen) atoms. The van der Waals surface area contributed by atoms with Crippen molar-refractivity contribution < 1.29 is 13.2 Å². The summed E-state index contributed by atoms with van der Waals surface area (Å²) in [6.07, 6.45) is 1.80. The number of rotatable bonds is 4. The summed E-state index contributed by atoms with van der Waals surface area (Å²) in [5, 5.41) is 0. The number of hydrogen-bond acceptors (Lipinski definition) is 3. The second-order valence-corrected chi connectivity index (χ2v) is 8.72. The summed E-state index contributed by atoms with van der Waals surface area (Å²) < 4.78 is 33.8. The Labute approximate surface area is 150 Å². The van der Waals surface area contributed by atoms with E-state index in [0.717, 1.165) is 29.7 Å². The minimum atomic E-state index is -3.56. The molecule has 1 saturated heterocycles. The predicted octanol–water partition coefficient (Wildman–Crippen LogP) is 4.17. The number of piperidine rings is 1. The minimum absolute atomic E-state index is 0.196. The van der Waals surface area contributed by atoms with Crippen LogP contribution in [0.1, 0.15) is 36.9 Å². The lowest BCUT2D eigenvalue weighted by Gasteiger charge is -2.38. The molecule has 134 valence electrons. The molecule has 0 N–H and O–H groups in total. The van der Waals surface area contributed by atoms with E-state index in [1.165, 1.54) is 0 Å². The van der Waals surface area contributed by atoms with Gasteiger partial charge in [-0.05, 0) is 43.9 Å². The molecule has 2 atom stereocenters. The number of ether oxygens (including phenoxy) is 1. The Morgan fingerprint density at radius 2 is 1.72 bits per heavy atom. The van der Waals surface area contributed by atoms with Gasteiger partial charge in [-0.15, -0.1) is 0 Å². The van der Waals surface area contributed by atoms with Crippen molar-refractivity contribution in [3.8, 4) is 5.75 Å². The first-order chi connectivity index (χ1) is 11.9. The summed E-state index contributed by atoms with van der Waals surface area (Å²) in [5.74, 6) is 1.08. The molecule has 1 aliphatic rings. The maximum absolute atomic E-state index is 13.3. The maximum Gasteiger partial charge on any atom is 0.243 e. The van der Waals surface area contributed by atoms with Crippen molar-refractivity contribution in [2.75, 3.05) is 13.7 Å². The molecule has 0 spiro atoms. The fraction of sp³-hybridized carbons (Fsp3) is 0.400. The number of benzene rings is 2. The van der Waals surface area contributed by atoms with Gasteiger partial charge in [-0.25, -0.2) is 8.42 Å². The molecule has 2 aromatic rings. The number of methoxy groups -OCH3 is 1. The van der Waals surface area contributed by atoms with Crippen molar-refractivity contribution in [1.29, 1.82) is 0 Å². The van der Waals surface area contributed by atoms with Crippen molar-refractivity contribution in [3.05, 3.63) is 59.7 Å². The van der Waals surface area contributed by atoms with Gasteiger partial charge in [-0.1, -0.05) is 42.8 Å². The molecule has 3 rings (SSSR count). The lowest BCUT2D eigenvalue weighted by molar-refractivity contribution is 0.203. The van der Waals surface area contributed by atoms with Gasteiger partial charge < -0.3 is 4.74 Å².